The van der Waals surface area contributed by atoms with E-state index < -0.39 is 16.0 Å². The van der Waals surface area contributed by atoms with Crippen molar-refractivity contribution in [3.63, 3.8) is 0 Å². The second-order valence-corrected chi connectivity index (χ2v) is 10.2. The van der Waals surface area contributed by atoms with Crippen molar-refractivity contribution in [1.29, 1.82) is 0 Å². The number of thiophene rings is 1. The second-order valence-electron chi connectivity index (χ2n) is 6.00. The molecule has 2 heterocycles. The molecule has 1 aliphatic rings. The minimum absolute atomic E-state index is 0.0809. The molecular formula is C18H18BrNO4S2. The monoisotopic (exact) mass is 455 g/mol. The first-order valence-electron chi connectivity index (χ1n) is 8.19. The molecule has 8 heteroatoms. The molecule has 3 rings (SSSR count). The molecule has 0 spiro atoms. The van der Waals surface area contributed by atoms with E-state index in [0.717, 1.165) is 40.6 Å². The van der Waals surface area contributed by atoms with Crippen molar-refractivity contribution in [2.45, 2.75) is 23.5 Å². The number of sulfonamides is 1. The standard InChI is InChI=1S/C18H18BrNO4S2/c19-14-6-4-13(5-7-14)12-15(18(21)22)16-8-9-17(25-16)26(23,24)20-10-2-1-3-11-20/h4-9,12H,1-3,10-11H2,(H,21,22). The predicted molar refractivity (Wildman–Crippen MR) is 107 cm³/mol. The number of carbonyl (C=O) groups is 1. The summed E-state index contributed by atoms with van der Waals surface area (Å²) < 4.78 is 28.1. The lowest BCUT2D eigenvalue weighted by Crippen LogP contribution is -2.35. The largest absolute Gasteiger partial charge is 0.478 e. The fourth-order valence-electron chi connectivity index (χ4n) is 2.80. The van der Waals surface area contributed by atoms with Crippen LogP contribution in [-0.4, -0.2) is 36.9 Å². The topological polar surface area (TPSA) is 74.7 Å². The molecule has 1 aliphatic heterocycles. The molecule has 5 nitrogen and oxygen atoms in total. The van der Waals surface area contributed by atoms with Crippen LogP contribution in [0.25, 0.3) is 11.6 Å². The van der Waals surface area contributed by atoms with Crippen LogP contribution in [0.15, 0.2) is 45.1 Å². The number of aliphatic carboxylic acids is 1. The summed E-state index contributed by atoms with van der Waals surface area (Å²) in [4.78, 5) is 12.1. The maximum Gasteiger partial charge on any atom is 0.337 e. The van der Waals surface area contributed by atoms with Crippen molar-refractivity contribution in [3.8, 4) is 0 Å². The summed E-state index contributed by atoms with van der Waals surface area (Å²) in [6.07, 6.45) is 4.32. The van der Waals surface area contributed by atoms with E-state index in [-0.39, 0.29) is 9.78 Å². The molecule has 0 aliphatic carbocycles. The Morgan fingerprint density at radius 2 is 1.73 bits per heavy atom. The minimum Gasteiger partial charge on any atom is -0.478 e. The lowest BCUT2D eigenvalue weighted by Gasteiger charge is -2.25. The van der Waals surface area contributed by atoms with Crippen LogP contribution in [0.4, 0.5) is 0 Å². The van der Waals surface area contributed by atoms with Crippen molar-refractivity contribution in [3.05, 3.63) is 51.3 Å². The Hall–Kier alpha value is -1.48. The molecule has 0 unspecified atom stereocenters. The van der Waals surface area contributed by atoms with E-state index in [0.29, 0.717) is 18.0 Å². The molecule has 0 bridgehead atoms. The molecule has 1 N–H and O–H groups in total. The number of hydrogen-bond acceptors (Lipinski definition) is 4. The van der Waals surface area contributed by atoms with Gasteiger partial charge in [-0.3, -0.25) is 0 Å². The quantitative estimate of drug-likeness (QED) is 0.681. The highest BCUT2D eigenvalue weighted by atomic mass is 79.9. The van der Waals surface area contributed by atoms with E-state index in [1.165, 1.54) is 10.4 Å². The van der Waals surface area contributed by atoms with Gasteiger partial charge in [-0.15, -0.1) is 11.3 Å². The molecule has 0 radical (unpaired) electrons. The minimum atomic E-state index is -3.55. The number of halogens is 1. The van der Waals surface area contributed by atoms with Crippen molar-refractivity contribution in [2.75, 3.05) is 13.1 Å². The van der Waals surface area contributed by atoms with Crippen LogP contribution in [0.1, 0.15) is 29.7 Å². The molecule has 1 aromatic carbocycles. The SMILES string of the molecule is O=C(O)C(=Cc1ccc(Br)cc1)c1ccc(S(=O)(=O)N2CCCCC2)s1. The molecule has 138 valence electrons. The number of benzene rings is 1. The van der Waals surface area contributed by atoms with Gasteiger partial charge in [0, 0.05) is 22.4 Å². The highest BCUT2D eigenvalue weighted by molar-refractivity contribution is 9.10. The summed E-state index contributed by atoms with van der Waals surface area (Å²) in [6.45, 7) is 1.05. The van der Waals surface area contributed by atoms with Gasteiger partial charge in [0.25, 0.3) is 10.0 Å². The van der Waals surface area contributed by atoms with Crippen molar-refractivity contribution < 1.29 is 18.3 Å². The average Bonchev–Trinajstić information content (AvgIpc) is 3.12. The van der Waals surface area contributed by atoms with Crippen LogP contribution in [0.5, 0.6) is 0 Å². The Morgan fingerprint density at radius 1 is 1.08 bits per heavy atom. The van der Waals surface area contributed by atoms with Gasteiger partial charge in [0.1, 0.15) is 4.21 Å². The lowest BCUT2D eigenvalue weighted by molar-refractivity contribution is -0.130. The maximum absolute atomic E-state index is 12.8. The Labute approximate surface area is 165 Å². The molecular weight excluding hydrogens is 438 g/mol. The molecule has 0 atom stereocenters. The van der Waals surface area contributed by atoms with Gasteiger partial charge in [0.15, 0.2) is 0 Å². The first kappa shape index (κ1) is 19.3. The Kier molecular flexibility index (Phi) is 5.96. The molecule has 26 heavy (non-hydrogen) atoms. The number of piperidine rings is 1. The third kappa shape index (κ3) is 4.25. The number of rotatable bonds is 5. The number of nitrogens with zero attached hydrogens (tertiary/aromatic N) is 1. The molecule has 2 aromatic rings. The van der Waals surface area contributed by atoms with Gasteiger partial charge in [-0.2, -0.15) is 4.31 Å². The Balaban J connectivity index is 1.93. The average molecular weight is 456 g/mol. The van der Waals surface area contributed by atoms with E-state index in [2.05, 4.69) is 15.9 Å². The van der Waals surface area contributed by atoms with Crippen LogP contribution in [0.3, 0.4) is 0 Å². The maximum atomic E-state index is 12.8. The third-order valence-electron chi connectivity index (χ3n) is 4.17. The number of carboxylic acids is 1. The van der Waals surface area contributed by atoms with Gasteiger partial charge in [-0.25, -0.2) is 13.2 Å². The molecule has 1 fully saturated rings. The fourth-order valence-corrected chi connectivity index (χ4v) is 6.05. The van der Waals surface area contributed by atoms with Gasteiger partial charge < -0.3 is 5.11 Å². The van der Waals surface area contributed by atoms with Gasteiger partial charge >= 0.3 is 5.97 Å². The highest BCUT2D eigenvalue weighted by Gasteiger charge is 2.28. The van der Waals surface area contributed by atoms with Crippen molar-refractivity contribution in [1.82, 2.24) is 4.31 Å². The smallest absolute Gasteiger partial charge is 0.337 e. The van der Waals surface area contributed by atoms with E-state index in [1.54, 1.807) is 24.3 Å². The zero-order valence-corrected chi connectivity index (χ0v) is 17.1. The summed E-state index contributed by atoms with van der Waals surface area (Å²) >= 11 is 4.35. The third-order valence-corrected chi connectivity index (χ3v) is 8.18. The van der Waals surface area contributed by atoms with Crippen LogP contribution in [-0.2, 0) is 14.8 Å². The second kappa shape index (κ2) is 8.04. The molecule has 1 saturated heterocycles. The van der Waals surface area contributed by atoms with E-state index in [1.807, 2.05) is 12.1 Å². The summed E-state index contributed by atoms with van der Waals surface area (Å²) in [5, 5.41) is 9.57. The first-order valence-corrected chi connectivity index (χ1v) is 11.2. The Morgan fingerprint density at radius 3 is 2.35 bits per heavy atom. The van der Waals surface area contributed by atoms with E-state index >= 15 is 0 Å². The zero-order valence-electron chi connectivity index (χ0n) is 13.9. The fraction of sp³-hybridized carbons (Fsp3) is 0.278. The lowest BCUT2D eigenvalue weighted by atomic mass is 10.1. The molecule has 1 aromatic heterocycles. The van der Waals surface area contributed by atoms with Crippen molar-refractivity contribution >= 4 is 54.9 Å². The van der Waals surface area contributed by atoms with E-state index in [9.17, 15) is 18.3 Å². The Bertz CT molecular complexity index is 926. The van der Waals surface area contributed by atoms with Crippen LogP contribution in [0.2, 0.25) is 0 Å². The normalized spacial score (nSPS) is 16.6. The van der Waals surface area contributed by atoms with Gasteiger partial charge in [-0.1, -0.05) is 34.5 Å². The predicted octanol–water partition coefficient (Wildman–Crippen LogP) is 4.31. The van der Waals surface area contributed by atoms with Crippen LogP contribution in [0, 0.1) is 0 Å². The zero-order chi connectivity index (χ0) is 18.7. The number of carboxylic acid groups (broad SMARTS) is 1. The van der Waals surface area contributed by atoms with E-state index in [4.69, 9.17) is 0 Å². The molecule has 0 saturated carbocycles. The summed E-state index contributed by atoms with van der Waals surface area (Å²) in [5.74, 6) is -1.09. The summed E-state index contributed by atoms with van der Waals surface area (Å²) in [5.41, 5.74) is 0.817. The van der Waals surface area contributed by atoms with Gasteiger partial charge in [0.05, 0.1) is 5.57 Å². The van der Waals surface area contributed by atoms with Crippen molar-refractivity contribution in [2.24, 2.45) is 0 Å². The van der Waals surface area contributed by atoms with Crippen LogP contribution >= 0.6 is 27.3 Å². The number of hydrogen-bond donors (Lipinski definition) is 1. The summed E-state index contributed by atoms with van der Waals surface area (Å²) in [7, 11) is -3.55. The van der Waals surface area contributed by atoms with Gasteiger partial charge in [-0.05, 0) is 48.7 Å². The summed E-state index contributed by atoms with van der Waals surface area (Å²) in [6, 6.07) is 10.3. The molecule has 0 amide bonds. The van der Waals surface area contributed by atoms with Gasteiger partial charge in [0.2, 0.25) is 0 Å². The van der Waals surface area contributed by atoms with Crippen LogP contribution < -0.4 is 0 Å². The highest BCUT2D eigenvalue weighted by Crippen LogP contribution is 2.32. The first-order chi connectivity index (χ1) is 12.4.